The molecular formula is C4H5I2N3. The molecule has 3 nitrogen and oxygen atoms in total. The Morgan fingerprint density at radius 3 is 2.44 bits per heavy atom. The average molecular weight is 349 g/mol. The van der Waals surface area contributed by atoms with Crippen molar-refractivity contribution in [3.63, 3.8) is 0 Å². The molecule has 0 amide bonds. The molecule has 0 saturated heterocycles. The molecule has 0 atom stereocenters. The van der Waals surface area contributed by atoms with Crippen molar-refractivity contribution < 1.29 is 0 Å². The second kappa shape index (κ2) is 3.13. The Morgan fingerprint density at radius 2 is 2.22 bits per heavy atom. The Morgan fingerprint density at radius 1 is 1.56 bits per heavy atom. The zero-order chi connectivity index (χ0) is 6.85. The third-order valence-electron chi connectivity index (χ3n) is 0.937. The molecule has 0 aliphatic heterocycles. The monoisotopic (exact) mass is 349 g/mol. The third-order valence-corrected chi connectivity index (χ3v) is 3.76. The van der Waals surface area contributed by atoms with Crippen LogP contribution in [-0.2, 0) is 6.54 Å². The van der Waals surface area contributed by atoms with E-state index in [1.54, 1.807) is 0 Å². The largest absolute Gasteiger partial charge is 0.238 e. The molecule has 1 aromatic heterocycles. The highest BCUT2D eigenvalue weighted by Gasteiger charge is 2.02. The van der Waals surface area contributed by atoms with Crippen molar-refractivity contribution in [1.82, 2.24) is 15.0 Å². The highest BCUT2D eigenvalue weighted by atomic mass is 127. The Bertz CT molecular complexity index is 208. The zero-order valence-electron chi connectivity index (χ0n) is 4.80. The predicted molar refractivity (Wildman–Crippen MR) is 51.1 cm³/mol. The van der Waals surface area contributed by atoms with Crippen LogP contribution in [0.25, 0.3) is 0 Å². The number of halogens is 2. The maximum Gasteiger partial charge on any atom is 0.157 e. The van der Waals surface area contributed by atoms with Crippen LogP contribution in [0, 0.1) is 7.40 Å². The Kier molecular flexibility index (Phi) is 2.68. The second-order valence-corrected chi connectivity index (χ2v) is 3.53. The van der Waals surface area contributed by atoms with Crippen molar-refractivity contribution in [1.29, 1.82) is 0 Å². The predicted octanol–water partition coefficient (Wildman–Crippen LogP) is 1.51. The number of aromatic nitrogens is 3. The number of aryl methyl sites for hydroxylation is 1. The number of nitrogens with zero attached hydrogens (tertiary/aromatic N) is 3. The van der Waals surface area contributed by atoms with E-state index in [1.807, 2.05) is 11.6 Å². The van der Waals surface area contributed by atoms with Crippen LogP contribution in [0.5, 0.6) is 0 Å². The normalized spacial score (nSPS) is 10.1. The molecule has 0 fully saturated rings. The smallest absolute Gasteiger partial charge is 0.157 e. The van der Waals surface area contributed by atoms with Crippen LogP contribution in [0.3, 0.4) is 0 Å². The zero-order valence-corrected chi connectivity index (χ0v) is 9.12. The average Bonchev–Trinajstić information content (AvgIpc) is 2.15. The minimum atomic E-state index is 0.897. The van der Waals surface area contributed by atoms with Gasteiger partial charge in [0.1, 0.15) is 3.70 Å². The third kappa shape index (κ3) is 1.54. The minimum absolute atomic E-state index is 0.897. The molecule has 0 unspecified atom stereocenters. The van der Waals surface area contributed by atoms with Gasteiger partial charge in [0.2, 0.25) is 0 Å². The Balaban J connectivity index is 3.04. The fraction of sp³-hybridized carbons (Fsp3) is 0.500. The Labute approximate surface area is 80.5 Å². The molecule has 0 bridgehead atoms. The second-order valence-electron chi connectivity index (χ2n) is 1.49. The topological polar surface area (TPSA) is 30.7 Å². The lowest BCUT2D eigenvalue weighted by atomic mass is 10.7. The van der Waals surface area contributed by atoms with Crippen LogP contribution in [0.4, 0.5) is 0 Å². The van der Waals surface area contributed by atoms with Crippen molar-refractivity contribution in [3.05, 3.63) is 7.40 Å². The Hall–Kier alpha value is 0.600. The van der Waals surface area contributed by atoms with Crippen molar-refractivity contribution in [2.45, 2.75) is 13.5 Å². The first-order valence-electron chi connectivity index (χ1n) is 2.50. The molecule has 1 heterocycles. The fourth-order valence-corrected chi connectivity index (χ4v) is 1.40. The molecule has 0 radical (unpaired) electrons. The van der Waals surface area contributed by atoms with Crippen LogP contribution in [0.1, 0.15) is 6.92 Å². The summed E-state index contributed by atoms with van der Waals surface area (Å²) < 4.78 is 3.97. The molecule has 0 N–H and O–H groups in total. The quantitative estimate of drug-likeness (QED) is 0.720. The molecule has 0 spiro atoms. The summed E-state index contributed by atoms with van der Waals surface area (Å²) in [6, 6.07) is 0. The molecule has 0 saturated carbocycles. The summed E-state index contributed by atoms with van der Waals surface area (Å²) in [7, 11) is 0. The molecule has 0 aliphatic carbocycles. The first-order chi connectivity index (χ1) is 4.25. The molecule has 0 aliphatic rings. The maximum absolute atomic E-state index is 3.89. The van der Waals surface area contributed by atoms with Gasteiger partial charge in [-0.25, -0.2) is 4.68 Å². The van der Waals surface area contributed by atoms with E-state index < -0.39 is 0 Å². The van der Waals surface area contributed by atoms with E-state index in [2.05, 4.69) is 55.5 Å². The van der Waals surface area contributed by atoms with Gasteiger partial charge in [0.15, 0.2) is 3.70 Å². The van der Waals surface area contributed by atoms with Gasteiger partial charge in [-0.05, 0) is 52.1 Å². The van der Waals surface area contributed by atoms with Gasteiger partial charge in [0, 0.05) is 6.54 Å². The summed E-state index contributed by atoms with van der Waals surface area (Å²) >= 11 is 4.40. The van der Waals surface area contributed by atoms with Gasteiger partial charge in [0.25, 0.3) is 0 Å². The van der Waals surface area contributed by atoms with Crippen LogP contribution in [-0.4, -0.2) is 15.0 Å². The summed E-state index contributed by atoms with van der Waals surface area (Å²) in [4.78, 5) is 0. The van der Waals surface area contributed by atoms with Crippen LogP contribution in [0.2, 0.25) is 0 Å². The summed E-state index contributed by atoms with van der Waals surface area (Å²) in [5, 5.41) is 7.76. The van der Waals surface area contributed by atoms with Crippen molar-refractivity contribution in [2.24, 2.45) is 0 Å². The lowest BCUT2D eigenvalue weighted by Gasteiger charge is -1.91. The fourth-order valence-electron chi connectivity index (χ4n) is 0.482. The lowest BCUT2D eigenvalue weighted by Crippen LogP contribution is -1.98. The highest BCUT2D eigenvalue weighted by Crippen LogP contribution is 2.09. The van der Waals surface area contributed by atoms with Crippen molar-refractivity contribution in [2.75, 3.05) is 0 Å². The minimum Gasteiger partial charge on any atom is -0.238 e. The number of hydrogen-bond donors (Lipinski definition) is 0. The molecular weight excluding hydrogens is 344 g/mol. The van der Waals surface area contributed by atoms with E-state index in [0.29, 0.717) is 0 Å². The maximum atomic E-state index is 3.89. The molecule has 1 rings (SSSR count). The lowest BCUT2D eigenvalue weighted by molar-refractivity contribution is 0.614. The summed E-state index contributed by atoms with van der Waals surface area (Å²) in [5.74, 6) is 0. The van der Waals surface area contributed by atoms with Gasteiger partial charge in [-0.1, -0.05) is 5.21 Å². The highest BCUT2D eigenvalue weighted by molar-refractivity contribution is 14.1. The van der Waals surface area contributed by atoms with E-state index in [4.69, 9.17) is 0 Å². The molecule has 50 valence electrons. The van der Waals surface area contributed by atoms with E-state index in [1.165, 1.54) is 0 Å². The molecule has 5 heteroatoms. The molecule has 9 heavy (non-hydrogen) atoms. The van der Waals surface area contributed by atoms with Crippen LogP contribution < -0.4 is 0 Å². The first kappa shape index (κ1) is 7.70. The first-order valence-corrected chi connectivity index (χ1v) is 4.66. The van der Waals surface area contributed by atoms with E-state index >= 15 is 0 Å². The van der Waals surface area contributed by atoms with Gasteiger partial charge in [-0.2, -0.15) is 0 Å². The SMILES string of the molecule is CCn1nnc(I)c1I. The van der Waals surface area contributed by atoms with Crippen LogP contribution in [0.15, 0.2) is 0 Å². The van der Waals surface area contributed by atoms with E-state index in [-0.39, 0.29) is 0 Å². The summed E-state index contributed by atoms with van der Waals surface area (Å²) in [5.41, 5.74) is 0. The van der Waals surface area contributed by atoms with Gasteiger partial charge in [-0.15, -0.1) is 5.10 Å². The standard InChI is InChI=1S/C4H5I2N3/c1-2-9-4(6)3(5)7-8-9/h2H2,1H3. The van der Waals surface area contributed by atoms with Crippen molar-refractivity contribution >= 4 is 45.2 Å². The summed E-state index contributed by atoms with van der Waals surface area (Å²) in [6.07, 6.45) is 0. The van der Waals surface area contributed by atoms with E-state index in [0.717, 1.165) is 13.9 Å². The van der Waals surface area contributed by atoms with E-state index in [9.17, 15) is 0 Å². The van der Waals surface area contributed by atoms with Crippen molar-refractivity contribution in [3.8, 4) is 0 Å². The molecule has 0 aromatic carbocycles. The number of rotatable bonds is 1. The number of hydrogen-bond acceptors (Lipinski definition) is 2. The van der Waals surface area contributed by atoms with Gasteiger partial charge >= 0.3 is 0 Å². The van der Waals surface area contributed by atoms with Gasteiger partial charge in [0.05, 0.1) is 0 Å². The van der Waals surface area contributed by atoms with Crippen LogP contribution >= 0.6 is 45.2 Å². The van der Waals surface area contributed by atoms with Gasteiger partial charge in [-0.3, -0.25) is 0 Å². The van der Waals surface area contributed by atoms with Gasteiger partial charge < -0.3 is 0 Å². The summed E-state index contributed by atoms with van der Waals surface area (Å²) in [6.45, 7) is 2.95. The molecule has 1 aromatic rings.